The highest BCUT2D eigenvalue weighted by Gasteiger charge is 2.77. The van der Waals surface area contributed by atoms with Crippen molar-refractivity contribution in [3.8, 4) is 0 Å². The van der Waals surface area contributed by atoms with E-state index in [-0.39, 0.29) is 0 Å². The summed E-state index contributed by atoms with van der Waals surface area (Å²) in [4.78, 5) is 0. The van der Waals surface area contributed by atoms with Crippen LogP contribution in [-0.4, -0.2) is 0 Å². The minimum absolute atomic E-state index is 0.899. The monoisotopic (exact) mass is 204 g/mol. The van der Waals surface area contributed by atoms with Gasteiger partial charge in [0.25, 0.3) is 0 Å². The third-order valence-electron chi connectivity index (χ3n) is 7.10. The lowest BCUT2D eigenvalue weighted by Gasteiger charge is -2.83. The molecule has 0 radical (unpaired) electrons. The summed E-state index contributed by atoms with van der Waals surface area (Å²) < 4.78 is 0. The first-order chi connectivity index (χ1) is 7.32. The summed E-state index contributed by atoms with van der Waals surface area (Å²) >= 11 is 0. The van der Waals surface area contributed by atoms with E-state index < -0.39 is 0 Å². The van der Waals surface area contributed by atoms with Crippen LogP contribution in [-0.2, 0) is 0 Å². The molecule has 0 nitrogen and oxygen atoms in total. The Balaban J connectivity index is 1.67. The summed E-state index contributed by atoms with van der Waals surface area (Å²) in [6, 6.07) is 0. The molecular weight excluding hydrogens is 180 g/mol. The van der Waals surface area contributed by atoms with Crippen molar-refractivity contribution in [2.45, 2.75) is 52.4 Å². The summed E-state index contributed by atoms with van der Waals surface area (Å²) in [5.74, 6) is 7.08. The van der Waals surface area contributed by atoms with Crippen LogP contribution in [0.5, 0.6) is 0 Å². The molecule has 5 unspecified atom stereocenters. The highest BCUT2D eigenvalue weighted by atomic mass is 14.8. The van der Waals surface area contributed by atoms with Gasteiger partial charge in [0.1, 0.15) is 0 Å². The first kappa shape index (κ1) is 9.07. The van der Waals surface area contributed by atoms with Gasteiger partial charge in [-0.25, -0.2) is 0 Å². The van der Waals surface area contributed by atoms with Gasteiger partial charge >= 0.3 is 0 Å². The maximum absolute atomic E-state index is 2.45. The Morgan fingerprint density at radius 3 is 2.47 bits per heavy atom. The molecule has 0 heteroatoms. The Labute approximate surface area is 93.8 Å². The summed E-state index contributed by atoms with van der Waals surface area (Å²) in [5.41, 5.74) is 0.899. The average molecular weight is 204 g/mol. The van der Waals surface area contributed by atoms with Crippen molar-refractivity contribution >= 4 is 0 Å². The van der Waals surface area contributed by atoms with Crippen LogP contribution in [0.25, 0.3) is 0 Å². The van der Waals surface area contributed by atoms with E-state index in [4.69, 9.17) is 0 Å². The lowest BCUT2D eigenvalue weighted by atomic mass is 9.21. The second kappa shape index (κ2) is 2.63. The van der Waals surface area contributed by atoms with E-state index in [1.54, 1.807) is 25.7 Å². The molecule has 15 heavy (non-hydrogen) atoms. The van der Waals surface area contributed by atoms with Crippen LogP contribution < -0.4 is 0 Å². The van der Waals surface area contributed by atoms with Gasteiger partial charge in [0.15, 0.2) is 0 Å². The molecular formula is C15H24. The van der Waals surface area contributed by atoms with E-state index in [0.717, 1.165) is 17.3 Å². The molecule has 0 aromatic heterocycles. The Morgan fingerprint density at radius 2 is 1.93 bits per heavy atom. The third-order valence-corrected chi connectivity index (χ3v) is 7.10. The van der Waals surface area contributed by atoms with Crippen LogP contribution in [0.1, 0.15) is 52.4 Å². The Bertz CT molecular complexity index is 290. The van der Waals surface area contributed by atoms with Crippen molar-refractivity contribution in [1.29, 1.82) is 0 Å². The molecule has 0 N–H and O–H groups in total. The molecule has 2 bridgehead atoms. The molecule has 5 saturated carbocycles. The molecule has 0 saturated heterocycles. The van der Waals surface area contributed by atoms with Crippen LogP contribution in [0.3, 0.4) is 0 Å². The molecule has 0 aliphatic heterocycles. The maximum Gasteiger partial charge on any atom is -0.0202 e. The summed E-state index contributed by atoms with van der Waals surface area (Å²) in [5, 5.41) is 0. The van der Waals surface area contributed by atoms with E-state index in [2.05, 4.69) is 13.8 Å². The first-order valence-corrected chi connectivity index (χ1v) is 7.32. The fraction of sp³-hybridized carbons (Fsp3) is 1.00. The lowest BCUT2D eigenvalue weighted by molar-refractivity contribution is -0.350. The van der Waals surface area contributed by atoms with E-state index >= 15 is 0 Å². The zero-order chi connectivity index (χ0) is 10.2. The summed E-state index contributed by atoms with van der Waals surface area (Å²) in [6.07, 6.45) is 9.38. The van der Waals surface area contributed by atoms with Crippen molar-refractivity contribution in [3.63, 3.8) is 0 Å². The van der Waals surface area contributed by atoms with Crippen LogP contribution in [0, 0.1) is 40.9 Å². The molecule has 84 valence electrons. The fourth-order valence-corrected chi connectivity index (χ4v) is 6.45. The maximum atomic E-state index is 2.45. The molecule has 0 aromatic carbocycles. The van der Waals surface area contributed by atoms with Crippen molar-refractivity contribution < 1.29 is 0 Å². The van der Waals surface area contributed by atoms with Crippen molar-refractivity contribution in [2.75, 3.05) is 0 Å². The molecule has 5 aliphatic carbocycles. The molecule has 0 aromatic rings. The second-order valence-corrected chi connectivity index (χ2v) is 6.86. The molecule has 5 fully saturated rings. The average Bonchev–Trinajstić information content (AvgIpc) is 2.15. The molecule has 5 rings (SSSR count). The quantitative estimate of drug-likeness (QED) is 0.635. The van der Waals surface area contributed by atoms with Crippen LogP contribution in [0.2, 0.25) is 0 Å². The van der Waals surface area contributed by atoms with Crippen LogP contribution >= 0.6 is 0 Å². The van der Waals surface area contributed by atoms with Gasteiger partial charge in [-0.3, -0.25) is 0 Å². The van der Waals surface area contributed by atoms with Crippen LogP contribution in [0.4, 0.5) is 0 Å². The number of fused-ring (bicyclic) bond motifs is 1. The van der Waals surface area contributed by atoms with Gasteiger partial charge in [0.2, 0.25) is 0 Å². The van der Waals surface area contributed by atoms with E-state index in [9.17, 15) is 0 Å². The number of rotatable bonds is 2. The van der Waals surface area contributed by atoms with E-state index in [0.29, 0.717) is 0 Å². The highest BCUT2D eigenvalue weighted by molar-refractivity contribution is 5.25. The normalized spacial score (nSPS) is 64.4. The number of hydrogen-bond donors (Lipinski definition) is 0. The van der Waals surface area contributed by atoms with Crippen molar-refractivity contribution in [1.82, 2.24) is 0 Å². The van der Waals surface area contributed by atoms with Gasteiger partial charge in [0.05, 0.1) is 0 Å². The Morgan fingerprint density at radius 1 is 1.07 bits per heavy atom. The SMILES string of the molecule is CCC1C2C[C@@]13C2C1CCC1C[C@H]3CC. The second-order valence-electron chi connectivity index (χ2n) is 6.86. The standard InChI is InChI=1S/C15H24/c1-3-10-7-9-5-6-11(9)14-12-8-15(10,14)13(12)4-2/h9-14H,3-8H2,1-2H3/t9?,10-,11?,12?,13?,14?,15+/m1/s1. The molecule has 0 amide bonds. The van der Waals surface area contributed by atoms with Gasteiger partial charge in [-0.15, -0.1) is 0 Å². The van der Waals surface area contributed by atoms with Gasteiger partial charge < -0.3 is 0 Å². The Hall–Kier alpha value is 0. The van der Waals surface area contributed by atoms with Gasteiger partial charge in [-0.1, -0.05) is 26.7 Å². The van der Waals surface area contributed by atoms with Crippen molar-refractivity contribution in [3.05, 3.63) is 0 Å². The van der Waals surface area contributed by atoms with Gasteiger partial charge in [-0.05, 0) is 66.6 Å². The van der Waals surface area contributed by atoms with E-state index in [1.807, 2.05) is 0 Å². The van der Waals surface area contributed by atoms with Crippen molar-refractivity contribution in [2.24, 2.45) is 40.9 Å². The lowest BCUT2D eigenvalue weighted by Crippen LogP contribution is -2.77. The van der Waals surface area contributed by atoms with Crippen LogP contribution in [0.15, 0.2) is 0 Å². The van der Waals surface area contributed by atoms with E-state index in [1.165, 1.54) is 36.5 Å². The minimum Gasteiger partial charge on any atom is -0.0651 e. The third kappa shape index (κ3) is 0.746. The van der Waals surface area contributed by atoms with Gasteiger partial charge in [0, 0.05) is 0 Å². The molecule has 5 aliphatic rings. The van der Waals surface area contributed by atoms with Gasteiger partial charge in [-0.2, -0.15) is 0 Å². The molecule has 0 heterocycles. The smallest absolute Gasteiger partial charge is 0.0202 e. The fourth-order valence-electron chi connectivity index (χ4n) is 6.45. The molecule has 7 atom stereocenters. The highest BCUT2D eigenvalue weighted by Crippen LogP contribution is 2.83. The zero-order valence-electron chi connectivity index (χ0n) is 10.2. The Kier molecular flexibility index (Phi) is 1.59. The number of hydrogen-bond acceptors (Lipinski definition) is 0. The minimum atomic E-state index is 0.899. The predicted molar refractivity (Wildman–Crippen MR) is 62.4 cm³/mol. The predicted octanol–water partition coefficient (Wildman–Crippen LogP) is 4.10. The zero-order valence-corrected chi connectivity index (χ0v) is 10.2. The summed E-state index contributed by atoms with van der Waals surface area (Å²) in [7, 11) is 0. The molecule has 1 spiro atoms. The topological polar surface area (TPSA) is 0 Å². The first-order valence-electron chi connectivity index (χ1n) is 7.32. The summed E-state index contributed by atoms with van der Waals surface area (Å²) in [6.45, 7) is 4.89. The largest absolute Gasteiger partial charge is 0.0651 e.